The van der Waals surface area contributed by atoms with Crippen LogP contribution in [0.1, 0.15) is 41.6 Å². The highest BCUT2D eigenvalue weighted by molar-refractivity contribution is 7.99. The van der Waals surface area contributed by atoms with Gasteiger partial charge < -0.3 is 15.2 Å². The van der Waals surface area contributed by atoms with Crippen molar-refractivity contribution in [2.75, 3.05) is 11.1 Å². The van der Waals surface area contributed by atoms with Crippen molar-refractivity contribution in [3.8, 4) is 0 Å². The van der Waals surface area contributed by atoms with E-state index in [9.17, 15) is 9.59 Å². The fourth-order valence-electron chi connectivity index (χ4n) is 2.92. The Kier molecular flexibility index (Phi) is 7.24. The van der Waals surface area contributed by atoms with Gasteiger partial charge >= 0.3 is 0 Å². The van der Waals surface area contributed by atoms with Crippen LogP contribution in [0.15, 0.2) is 59.8 Å². The molecule has 156 valence electrons. The zero-order valence-electron chi connectivity index (χ0n) is 17.3. The quantitative estimate of drug-likeness (QED) is 0.538. The Balaban J connectivity index is 1.62. The summed E-state index contributed by atoms with van der Waals surface area (Å²) >= 11 is 1.32. The first kappa shape index (κ1) is 21.6. The molecule has 2 aromatic carbocycles. The molecule has 0 spiro atoms. The predicted molar refractivity (Wildman–Crippen MR) is 119 cm³/mol. The van der Waals surface area contributed by atoms with Crippen LogP contribution in [0, 0.1) is 6.92 Å². The lowest BCUT2D eigenvalue weighted by atomic mass is 10.1. The molecule has 0 saturated heterocycles. The summed E-state index contributed by atoms with van der Waals surface area (Å²) in [6, 6.07) is 16.4. The molecule has 0 aliphatic rings. The predicted octanol–water partition coefficient (Wildman–Crippen LogP) is 3.83. The lowest BCUT2D eigenvalue weighted by Crippen LogP contribution is -2.28. The number of thioether (sulfide) groups is 1. The molecular weight excluding hydrogens is 398 g/mol. The molecule has 0 aliphatic heterocycles. The van der Waals surface area contributed by atoms with E-state index in [1.165, 1.54) is 11.8 Å². The molecule has 2 amide bonds. The molecule has 2 N–H and O–H groups in total. The Bertz CT molecular complexity index is 1000. The van der Waals surface area contributed by atoms with Crippen LogP contribution >= 0.6 is 11.8 Å². The largest absolute Gasteiger partial charge is 0.342 e. The van der Waals surface area contributed by atoms with Gasteiger partial charge in [0.1, 0.15) is 0 Å². The number of para-hydroxylation sites is 1. The molecule has 3 rings (SSSR count). The van der Waals surface area contributed by atoms with Crippen molar-refractivity contribution < 1.29 is 9.59 Å². The number of hydrogen-bond acceptors (Lipinski definition) is 5. The fourth-order valence-corrected chi connectivity index (χ4v) is 3.73. The molecule has 8 heteroatoms. The lowest BCUT2D eigenvalue weighted by Gasteiger charge is -2.15. The summed E-state index contributed by atoms with van der Waals surface area (Å²) in [7, 11) is 0. The average molecular weight is 424 g/mol. The summed E-state index contributed by atoms with van der Waals surface area (Å²) < 4.78 is 1.92. The van der Waals surface area contributed by atoms with Crippen LogP contribution in [-0.2, 0) is 11.3 Å². The highest BCUT2D eigenvalue weighted by Gasteiger charge is 2.20. The standard InChI is InChI=1S/C22H25N5O2S/c1-4-27-20(16(3)23-21(29)17-12-10-15(2)11-13-17)25-26-22(27)30-14-19(28)24-18-8-6-5-7-9-18/h5-13,16H,4,14H2,1-3H3,(H,23,29)(H,24,28)/t16-/m0/s1. The number of amides is 2. The average Bonchev–Trinajstić information content (AvgIpc) is 3.16. The van der Waals surface area contributed by atoms with Crippen LogP contribution < -0.4 is 10.6 Å². The molecule has 7 nitrogen and oxygen atoms in total. The van der Waals surface area contributed by atoms with E-state index in [4.69, 9.17) is 0 Å². The third-order valence-corrected chi connectivity index (χ3v) is 5.47. The maximum atomic E-state index is 12.5. The summed E-state index contributed by atoms with van der Waals surface area (Å²) in [4.78, 5) is 24.7. The van der Waals surface area contributed by atoms with Gasteiger partial charge in [-0.2, -0.15) is 0 Å². The lowest BCUT2D eigenvalue weighted by molar-refractivity contribution is -0.113. The number of nitrogens with one attached hydrogen (secondary N) is 2. The summed E-state index contributed by atoms with van der Waals surface area (Å²) in [5.41, 5.74) is 2.46. The van der Waals surface area contributed by atoms with Gasteiger partial charge in [-0.05, 0) is 45.0 Å². The Labute approximate surface area is 180 Å². The number of carbonyl (C=O) groups excluding carboxylic acids is 2. The molecule has 0 aliphatic carbocycles. The maximum absolute atomic E-state index is 12.5. The smallest absolute Gasteiger partial charge is 0.251 e. The van der Waals surface area contributed by atoms with E-state index in [1.54, 1.807) is 12.1 Å². The minimum absolute atomic E-state index is 0.112. The number of rotatable bonds is 8. The second-order valence-electron chi connectivity index (χ2n) is 6.85. The highest BCUT2D eigenvalue weighted by atomic mass is 32.2. The van der Waals surface area contributed by atoms with Gasteiger partial charge in [-0.3, -0.25) is 9.59 Å². The Hall–Kier alpha value is -3.13. The molecule has 1 aromatic heterocycles. The summed E-state index contributed by atoms with van der Waals surface area (Å²) in [6.45, 7) is 6.47. The van der Waals surface area contributed by atoms with Crippen LogP contribution in [0.2, 0.25) is 0 Å². The molecule has 0 unspecified atom stereocenters. The molecule has 1 atom stereocenters. The summed E-state index contributed by atoms with van der Waals surface area (Å²) in [5.74, 6) is 0.601. The van der Waals surface area contributed by atoms with Gasteiger partial charge in [-0.15, -0.1) is 10.2 Å². The van der Waals surface area contributed by atoms with Crippen molar-refractivity contribution in [3.05, 3.63) is 71.5 Å². The molecule has 0 bridgehead atoms. The van der Waals surface area contributed by atoms with E-state index in [0.29, 0.717) is 23.1 Å². The first-order valence-electron chi connectivity index (χ1n) is 9.76. The first-order chi connectivity index (χ1) is 14.5. The van der Waals surface area contributed by atoms with Crippen molar-refractivity contribution in [2.45, 2.75) is 38.5 Å². The topological polar surface area (TPSA) is 88.9 Å². The minimum Gasteiger partial charge on any atom is -0.342 e. The molecule has 0 fully saturated rings. The maximum Gasteiger partial charge on any atom is 0.251 e. The Morgan fingerprint density at radius 1 is 1.07 bits per heavy atom. The monoisotopic (exact) mass is 423 g/mol. The van der Waals surface area contributed by atoms with E-state index >= 15 is 0 Å². The van der Waals surface area contributed by atoms with Crippen LogP contribution in [-0.4, -0.2) is 32.3 Å². The molecule has 30 heavy (non-hydrogen) atoms. The zero-order chi connectivity index (χ0) is 21.5. The van der Waals surface area contributed by atoms with Crippen molar-refractivity contribution in [3.63, 3.8) is 0 Å². The third kappa shape index (κ3) is 5.48. The number of carbonyl (C=O) groups is 2. The van der Waals surface area contributed by atoms with Gasteiger partial charge in [0, 0.05) is 17.8 Å². The van der Waals surface area contributed by atoms with E-state index < -0.39 is 0 Å². The van der Waals surface area contributed by atoms with E-state index in [-0.39, 0.29) is 23.6 Å². The Morgan fingerprint density at radius 2 is 1.77 bits per heavy atom. The normalized spacial score (nSPS) is 11.7. The number of aryl methyl sites for hydroxylation is 1. The second kappa shape index (κ2) is 10.1. The summed E-state index contributed by atoms with van der Waals surface area (Å²) in [5, 5.41) is 14.9. The van der Waals surface area contributed by atoms with Crippen molar-refractivity contribution in [1.82, 2.24) is 20.1 Å². The van der Waals surface area contributed by atoms with Gasteiger partial charge in [-0.25, -0.2) is 0 Å². The molecule has 0 saturated carbocycles. The Morgan fingerprint density at radius 3 is 2.43 bits per heavy atom. The fraction of sp³-hybridized carbons (Fsp3) is 0.273. The minimum atomic E-state index is -0.321. The van der Waals surface area contributed by atoms with Crippen LogP contribution in [0.25, 0.3) is 0 Å². The van der Waals surface area contributed by atoms with Gasteiger partial charge in [-0.1, -0.05) is 47.7 Å². The van der Waals surface area contributed by atoms with Crippen molar-refractivity contribution in [1.29, 1.82) is 0 Å². The van der Waals surface area contributed by atoms with E-state index in [1.807, 2.05) is 67.8 Å². The van der Waals surface area contributed by atoms with Gasteiger partial charge in [0.2, 0.25) is 5.91 Å². The number of anilines is 1. The van der Waals surface area contributed by atoms with Gasteiger partial charge in [0.05, 0.1) is 11.8 Å². The molecule has 3 aromatic rings. The van der Waals surface area contributed by atoms with Crippen LogP contribution in [0.3, 0.4) is 0 Å². The van der Waals surface area contributed by atoms with Gasteiger partial charge in [0.15, 0.2) is 11.0 Å². The van der Waals surface area contributed by atoms with Gasteiger partial charge in [0.25, 0.3) is 5.91 Å². The molecule has 1 heterocycles. The number of benzene rings is 2. The molecule has 0 radical (unpaired) electrons. The SMILES string of the molecule is CCn1c(SCC(=O)Nc2ccccc2)nnc1[C@H](C)NC(=O)c1ccc(C)cc1. The van der Waals surface area contributed by atoms with Crippen molar-refractivity contribution >= 4 is 29.3 Å². The van der Waals surface area contributed by atoms with E-state index in [2.05, 4.69) is 20.8 Å². The first-order valence-corrected chi connectivity index (χ1v) is 10.7. The highest BCUT2D eigenvalue weighted by Crippen LogP contribution is 2.21. The zero-order valence-corrected chi connectivity index (χ0v) is 18.1. The molecular formula is C22H25N5O2S. The summed E-state index contributed by atoms with van der Waals surface area (Å²) in [6.07, 6.45) is 0. The van der Waals surface area contributed by atoms with E-state index in [0.717, 1.165) is 11.3 Å². The van der Waals surface area contributed by atoms with Crippen molar-refractivity contribution in [2.24, 2.45) is 0 Å². The third-order valence-electron chi connectivity index (χ3n) is 4.50. The van der Waals surface area contributed by atoms with Crippen LogP contribution in [0.5, 0.6) is 0 Å². The number of nitrogens with zero attached hydrogens (tertiary/aromatic N) is 3. The van der Waals surface area contributed by atoms with Crippen LogP contribution in [0.4, 0.5) is 5.69 Å². The second-order valence-corrected chi connectivity index (χ2v) is 7.79. The number of aromatic nitrogens is 3. The number of hydrogen-bond donors (Lipinski definition) is 2.